The number of hydrogen-bond acceptors (Lipinski definition) is 3. The van der Waals surface area contributed by atoms with Gasteiger partial charge in [-0.15, -0.1) is 0 Å². The lowest BCUT2D eigenvalue weighted by Crippen LogP contribution is -2.23. The second kappa shape index (κ2) is 4.04. The van der Waals surface area contributed by atoms with Crippen molar-refractivity contribution in [2.75, 3.05) is 30.4 Å². The smallest absolute Gasteiger partial charge is 0.335 e. The lowest BCUT2D eigenvalue weighted by atomic mass is 10.1. The van der Waals surface area contributed by atoms with Crippen LogP contribution in [0, 0.1) is 5.92 Å². The Hall–Kier alpha value is -1.71. The Kier molecular flexibility index (Phi) is 2.73. The molecule has 0 spiro atoms. The molecule has 4 nitrogen and oxygen atoms in total. The van der Waals surface area contributed by atoms with Gasteiger partial charge >= 0.3 is 5.97 Å². The molecule has 16 heavy (non-hydrogen) atoms. The van der Waals surface area contributed by atoms with Crippen LogP contribution in [0.25, 0.3) is 0 Å². The monoisotopic (exact) mass is 220 g/mol. The summed E-state index contributed by atoms with van der Waals surface area (Å²) in [5, 5.41) is 12.2. The molecule has 0 fully saturated rings. The first-order valence-electron chi connectivity index (χ1n) is 5.40. The summed E-state index contributed by atoms with van der Waals surface area (Å²) in [7, 11) is 2.03. The molecule has 1 atom stereocenters. The molecule has 1 unspecified atom stereocenters. The van der Waals surface area contributed by atoms with E-state index in [1.54, 1.807) is 12.1 Å². The number of rotatable bonds is 1. The predicted octanol–water partition coefficient (Wildman–Crippen LogP) is 1.88. The van der Waals surface area contributed by atoms with Crippen LogP contribution in [0.15, 0.2) is 18.2 Å². The maximum absolute atomic E-state index is 10.9. The van der Waals surface area contributed by atoms with E-state index in [1.807, 2.05) is 13.1 Å². The second-order valence-corrected chi connectivity index (χ2v) is 4.40. The summed E-state index contributed by atoms with van der Waals surface area (Å²) in [5.41, 5.74) is 2.30. The third-order valence-corrected chi connectivity index (χ3v) is 2.88. The molecule has 1 aliphatic rings. The molecule has 2 N–H and O–H groups in total. The molecule has 0 saturated heterocycles. The lowest BCUT2D eigenvalue weighted by molar-refractivity contribution is 0.0697. The van der Waals surface area contributed by atoms with Gasteiger partial charge in [-0.1, -0.05) is 6.92 Å². The summed E-state index contributed by atoms with van der Waals surface area (Å²) in [6.45, 7) is 4.03. The molecule has 1 heterocycles. The van der Waals surface area contributed by atoms with E-state index in [0.29, 0.717) is 11.5 Å². The van der Waals surface area contributed by atoms with Crippen LogP contribution in [-0.2, 0) is 0 Å². The number of nitrogens with one attached hydrogen (secondary N) is 1. The van der Waals surface area contributed by atoms with Crippen molar-refractivity contribution in [2.45, 2.75) is 6.92 Å². The number of anilines is 2. The molecule has 0 bridgehead atoms. The topological polar surface area (TPSA) is 52.6 Å². The van der Waals surface area contributed by atoms with Gasteiger partial charge in [0.1, 0.15) is 0 Å². The first-order valence-corrected chi connectivity index (χ1v) is 5.40. The molecule has 0 aromatic heterocycles. The van der Waals surface area contributed by atoms with Crippen LogP contribution in [0.5, 0.6) is 0 Å². The number of carboxylic acids is 1. The number of nitrogens with zero attached hydrogens (tertiary/aromatic N) is 1. The average molecular weight is 220 g/mol. The summed E-state index contributed by atoms with van der Waals surface area (Å²) >= 11 is 0. The summed E-state index contributed by atoms with van der Waals surface area (Å²) in [6.07, 6.45) is 0. The predicted molar refractivity (Wildman–Crippen MR) is 64.3 cm³/mol. The maximum Gasteiger partial charge on any atom is 0.335 e. The van der Waals surface area contributed by atoms with Gasteiger partial charge in [-0.2, -0.15) is 0 Å². The molecule has 0 aliphatic carbocycles. The van der Waals surface area contributed by atoms with Crippen LogP contribution >= 0.6 is 0 Å². The van der Waals surface area contributed by atoms with Crippen molar-refractivity contribution in [3.63, 3.8) is 0 Å². The second-order valence-electron chi connectivity index (χ2n) is 4.40. The molecule has 1 aliphatic heterocycles. The largest absolute Gasteiger partial charge is 0.478 e. The highest BCUT2D eigenvalue weighted by atomic mass is 16.4. The molecular weight excluding hydrogens is 204 g/mol. The minimum absolute atomic E-state index is 0.328. The van der Waals surface area contributed by atoms with Crippen molar-refractivity contribution < 1.29 is 9.90 Å². The maximum atomic E-state index is 10.9. The normalized spacial score (nSPS) is 19.6. The molecule has 0 amide bonds. The number of aromatic carboxylic acids is 1. The third-order valence-electron chi connectivity index (χ3n) is 2.88. The lowest BCUT2D eigenvalue weighted by Gasteiger charge is -2.20. The highest BCUT2D eigenvalue weighted by molar-refractivity contribution is 5.91. The first kappa shape index (κ1) is 10.8. The number of fused-ring (bicyclic) bond motifs is 1. The zero-order chi connectivity index (χ0) is 11.7. The van der Waals surface area contributed by atoms with Crippen molar-refractivity contribution in [3.05, 3.63) is 23.8 Å². The van der Waals surface area contributed by atoms with Crippen LogP contribution in [0.4, 0.5) is 11.4 Å². The molecule has 2 rings (SSSR count). The fourth-order valence-corrected chi connectivity index (χ4v) is 2.06. The van der Waals surface area contributed by atoms with Gasteiger partial charge < -0.3 is 15.3 Å². The Balaban J connectivity index is 2.39. The zero-order valence-electron chi connectivity index (χ0n) is 9.53. The van der Waals surface area contributed by atoms with Crippen LogP contribution < -0.4 is 10.2 Å². The third kappa shape index (κ3) is 1.96. The molecule has 1 aromatic rings. The van der Waals surface area contributed by atoms with Crippen molar-refractivity contribution >= 4 is 17.3 Å². The Bertz CT molecular complexity index is 417. The van der Waals surface area contributed by atoms with Crippen molar-refractivity contribution in [3.8, 4) is 0 Å². The van der Waals surface area contributed by atoms with E-state index in [1.165, 1.54) is 0 Å². The van der Waals surface area contributed by atoms with Crippen molar-refractivity contribution in [1.82, 2.24) is 0 Å². The Morgan fingerprint density at radius 3 is 3.00 bits per heavy atom. The Morgan fingerprint density at radius 2 is 2.31 bits per heavy atom. The minimum Gasteiger partial charge on any atom is -0.478 e. The molecule has 0 saturated carbocycles. The van der Waals surface area contributed by atoms with E-state index in [-0.39, 0.29) is 0 Å². The van der Waals surface area contributed by atoms with Crippen LogP contribution in [0.3, 0.4) is 0 Å². The SMILES string of the molecule is CC1CNc2cc(C(=O)O)ccc2N(C)C1. The fraction of sp³-hybridized carbons (Fsp3) is 0.417. The van der Waals surface area contributed by atoms with E-state index in [4.69, 9.17) is 5.11 Å². The Morgan fingerprint density at radius 1 is 1.56 bits per heavy atom. The van der Waals surface area contributed by atoms with Crippen molar-refractivity contribution in [2.24, 2.45) is 5.92 Å². The van der Waals surface area contributed by atoms with E-state index in [9.17, 15) is 4.79 Å². The van der Waals surface area contributed by atoms with Crippen molar-refractivity contribution in [1.29, 1.82) is 0 Å². The Labute approximate surface area is 94.9 Å². The van der Waals surface area contributed by atoms with Gasteiger partial charge in [-0.05, 0) is 24.1 Å². The van der Waals surface area contributed by atoms with Gasteiger partial charge in [0.15, 0.2) is 0 Å². The summed E-state index contributed by atoms with van der Waals surface area (Å²) in [6, 6.07) is 5.21. The van der Waals surface area contributed by atoms with Gasteiger partial charge in [-0.3, -0.25) is 0 Å². The van der Waals surface area contributed by atoms with Crippen LogP contribution in [0.2, 0.25) is 0 Å². The highest BCUT2D eigenvalue weighted by Crippen LogP contribution is 2.29. The molecule has 1 aromatic carbocycles. The van der Waals surface area contributed by atoms with E-state index in [2.05, 4.69) is 17.1 Å². The summed E-state index contributed by atoms with van der Waals surface area (Å²) in [4.78, 5) is 13.0. The molecular formula is C12H16N2O2. The van der Waals surface area contributed by atoms with E-state index >= 15 is 0 Å². The van der Waals surface area contributed by atoms with Crippen LogP contribution in [0.1, 0.15) is 17.3 Å². The van der Waals surface area contributed by atoms with E-state index in [0.717, 1.165) is 24.5 Å². The number of benzene rings is 1. The van der Waals surface area contributed by atoms with Gasteiger partial charge in [-0.25, -0.2) is 4.79 Å². The standard InChI is InChI=1S/C12H16N2O2/c1-8-6-13-10-5-9(12(15)16)3-4-11(10)14(2)7-8/h3-5,8,13H,6-7H2,1-2H3,(H,15,16). The average Bonchev–Trinajstić information content (AvgIpc) is 2.38. The number of hydrogen-bond donors (Lipinski definition) is 2. The quantitative estimate of drug-likeness (QED) is 0.758. The fourth-order valence-electron chi connectivity index (χ4n) is 2.06. The molecule has 0 radical (unpaired) electrons. The van der Waals surface area contributed by atoms with E-state index < -0.39 is 5.97 Å². The summed E-state index contributed by atoms with van der Waals surface area (Å²) < 4.78 is 0. The van der Waals surface area contributed by atoms with Gasteiger partial charge in [0.2, 0.25) is 0 Å². The molecule has 4 heteroatoms. The first-order chi connectivity index (χ1) is 7.58. The minimum atomic E-state index is -0.885. The van der Waals surface area contributed by atoms with Gasteiger partial charge in [0, 0.05) is 20.1 Å². The van der Waals surface area contributed by atoms with Crippen LogP contribution in [-0.4, -0.2) is 31.2 Å². The summed E-state index contributed by atoms with van der Waals surface area (Å²) in [5.74, 6) is -0.338. The number of carbonyl (C=O) groups is 1. The highest BCUT2D eigenvalue weighted by Gasteiger charge is 2.17. The number of carboxylic acid groups (broad SMARTS) is 1. The van der Waals surface area contributed by atoms with Gasteiger partial charge in [0.25, 0.3) is 0 Å². The van der Waals surface area contributed by atoms with Gasteiger partial charge in [0.05, 0.1) is 16.9 Å². The molecule has 86 valence electrons. The zero-order valence-corrected chi connectivity index (χ0v) is 9.53.